The van der Waals surface area contributed by atoms with Crippen molar-refractivity contribution in [1.82, 2.24) is 5.43 Å². The number of aliphatic hydroxyl groups is 1. The highest BCUT2D eigenvalue weighted by atomic mass is 16.6. The Labute approximate surface area is 185 Å². The smallest absolute Gasteiger partial charge is 0.336 e. The summed E-state index contributed by atoms with van der Waals surface area (Å²) < 4.78 is 10.6. The van der Waals surface area contributed by atoms with Crippen LogP contribution in [-0.4, -0.2) is 30.3 Å². The number of aliphatic hydroxyl groups excluding tert-OH is 1. The average Bonchev–Trinajstić information content (AvgIpc) is 2.84. The van der Waals surface area contributed by atoms with E-state index in [-0.39, 0.29) is 5.75 Å². The molecular weight excluding hydrogens is 408 g/mol. The lowest BCUT2D eigenvalue weighted by Gasteiger charge is -2.09. The van der Waals surface area contributed by atoms with Gasteiger partial charge in [-0.1, -0.05) is 60.7 Å². The van der Waals surface area contributed by atoms with Gasteiger partial charge in [0, 0.05) is 6.08 Å². The van der Waals surface area contributed by atoms with Gasteiger partial charge in [0.15, 0.2) is 17.6 Å². The third kappa shape index (κ3) is 6.38. The highest BCUT2D eigenvalue weighted by Gasteiger charge is 2.16. The van der Waals surface area contributed by atoms with Crippen LogP contribution in [0.15, 0.2) is 90.0 Å². The first-order chi connectivity index (χ1) is 15.6. The molecule has 32 heavy (non-hydrogen) atoms. The number of methoxy groups -OCH3 is 1. The van der Waals surface area contributed by atoms with Crippen molar-refractivity contribution in [3.05, 3.63) is 102 Å². The normalized spacial score (nSPS) is 11.9. The Balaban J connectivity index is 1.60. The maximum absolute atomic E-state index is 12.1. The predicted octanol–water partition coefficient (Wildman–Crippen LogP) is 3.50. The summed E-state index contributed by atoms with van der Waals surface area (Å²) in [5.74, 6) is -0.632. The molecule has 3 aromatic rings. The molecule has 1 amide bonds. The van der Waals surface area contributed by atoms with Gasteiger partial charge in [-0.05, 0) is 41.0 Å². The largest absolute Gasteiger partial charge is 0.493 e. The van der Waals surface area contributed by atoms with Gasteiger partial charge in [-0.15, -0.1) is 0 Å². The average molecular weight is 430 g/mol. The molecular formula is C25H22N2O5. The molecule has 3 aromatic carbocycles. The van der Waals surface area contributed by atoms with Crippen molar-refractivity contribution >= 4 is 24.2 Å². The fraction of sp³-hybridized carbons (Fsp3) is 0.0800. The van der Waals surface area contributed by atoms with Crippen LogP contribution in [0.25, 0.3) is 6.08 Å². The number of ether oxygens (including phenoxy) is 2. The number of nitrogens with one attached hydrogen (secondary N) is 1. The van der Waals surface area contributed by atoms with Gasteiger partial charge in [-0.2, -0.15) is 5.10 Å². The van der Waals surface area contributed by atoms with Crippen molar-refractivity contribution in [3.8, 4) is 11.5 Å². The van der Waals surface area contributed by atoms with E-state index in [4.69, 9.17) is 9.47 Å². The van der Waals surface area contributed by atoms with Crippen LogP contribution in [0.1, 0.15) is 22.8 Å². The monoisotopic (exact) mass is 430 g/mol. The van der Waals surface area contributed by atoms with Gasteiger partial charge in [0.2, 0.25) is 0 Å². The van der Waals surface area contributed by atoms with Crippen molar-refractivity contribution in [1.29, 1.82) is 0 Å². The quantitative estimate of drug-likeness (QED) is 0.187. The number of carbonyl (C=O) groups excluding carboxylic acids is 2. The van der Waals surface area contributed by atoms with Crippen LogP contribution < -0.4 is 14.9 Å². The SMILES string of the molecule is COc1cc(/C=N/NC(=O)C(O)c2ccccc2)ccc1OC(=O)/C=C/c1ccccc1. The van der Waals surface area contributed by atoms with Crippen LogP contribution in [0.3, 0.4) is 0 Å². The molecule has 0 saturated carbocycles. The summed E-state index contributed by atoms with van der Waals surface area (Å²) >= 11 is 0. The van der Waals surface area contributed by atoms with E-state index < -0.39 is 18.0 Å². The van der Waals surface area contributed by atoms with Gasteiger partial charge in [0.1, 0.15) is 0 Å². The van der Waals surface area contributed by atoms with Crippen LogP contribution in [0, 0.1) is 0 Å². The van der Waals surface area contributed by atoms with Gasteiger partial charge in [0.25, 0.3) is 5.91 Å². The maximum Gasteiger partial charge on any atom is 0.336 e. The van der Waals surface area contributed by atoms with E-state index >= 15 is 0 Å². The minimum atomic E-state index is -1.33. The Hall–Kier alpha value is -4.23. The fourth-order valence-corrected chi connectivity index (χ4v) is 2.74. The molecule has 7 nitrogen and oxygen atoms in total. The van der Waals surface area contributed by atoms with E-state index in [0.717, 1.165) is 5.56 Å². The van der Waals surface area contributed by atoms with Gasteiger partial charge in [-0.25, -0.2) is 10.2 Å². The molecule has 162 valence electrons. The summed E-state index contributed by atoms with van der Waals surface area (Å²) in [7, 11) is 1.45. The third-order valence-corrected chi connectivity index (χ3v) is 4.36. The van der Waals surface area contributed by atoms with E-state index in [0.29, 0.717) is 16.9 Å². The van der Waals surface area contributed by atoms with Crippen LogP contribution in [0.5, 0.6) is 11.5 Å². The summed E-state index contributed by atoms with van der Waals surface area (Å²) in [5.41, 5.74) is 4.23. The van der Waals surface area contributed by atoms with E-state index in [1.54, 1.807) is 54.6 Å². The van der Waals surface area contributed by atoms with Gasteiger partial charge in [-0.3, -0.25) is 4.79 Å². The lowest BCUT2D eigenvalue weighted by molar-refractivity contribution is -0.130. The molecule has 0 aromatic heterocycles. The Morgan fingerprint density at radius 1 is 0.938 bits per heavy atom. The Kier molecular flexibility index (Phi) is 7.89. The van der Waals surface area contributed by atoms with Gasteiger partial charge in [0.05, 0.1) is 13.3 Å². The number of hydrogen-bond donors (Lipinski definition) is 2. The van der Waals surface area contributed by atoms with Crippen molar-refractivity contribution in [2.75, 3.05) is 7.11 Å². The first kappa shape index (κ1) is 22.5. The minimum absolute atomic E-state index is 0.246. The molecule has 0 bridgehead atoms. The Morgan fingerprint density at radius 2 is 1.62 bits per heavy atom. The number of hydrogen-bond acceptors (Lipinski definition) is 6. The van der Waals surface area contributed by atoms with Crippen LogP contribution in [0.2, 0.25) is 0 Å². The van der Waals surface area contributed by atoms with Crippen molar-refractivity contribution in [2.24, 2.45) is 5.10 Å². The highest BCUT2D eigenvalue weighted by molar-refractivity contribution is 5.89. The number of esters is 1. The van der Waals surface area contributed by atoms with Crippen LogP contribution in [-0.2, 0) is 9.59 Å². The lowest BCUT2D eigenvalue weighted by atomic mass is 10.1. The van der Waals surface area contributed by atoms with E-state index in [1.807, 2.05) is 30.3 Å². The molecule has 1 unspecified atom stereocenters. The van der Waals surface area contributed by atoms with Crippen LogP contribution >= 0.6 is 0 Å². The number of nitrogens with zero attached hydrogens (tertiary/aromatic N) is 1. The van der Waals surface area contributed by atoms with Crippen LogP contribution in [0.4, 0.5) is 0 Å². The van der Waals surface area contributed by atoms with Crippen molar-refractivity contribution < 1.29 is 24.2 Å². The second-order valence-electron chi connectivity index (χ2n) is 6.62. The fourth-order valence-electron chi connectivity index (χ4n) is 2.74. The number of benzene rings is 3. The molecule has 2 N–H and O–H groups in total. The third-order valence-electron chi connectivity index (χ3n) is 4.36. The first-order valence-corrected chi connectivity index (χ1v) is 9.75. The maximum atomic E-state index is 12.1. The highest BCUT2D eigenvalue weighted by Crippen LogP contribution is 2.28. The van der Waals surface area contributed by atoms with E-state index in [9.17, 15) is 14.7 Å². The number of amides is 1. The number of rotatable bonds is 8. The predicted molar refractivity (Wildman–Crippen MR) is 121 cm³/mol. The van der Waals surface area contributed by atoms with E-state index in [1.165, 1.54) is 19.4 Å². The molecule has 7 heteroatoms. The zero-order valence-corrected chi connectivity index (χ0v) is 17.3. The molecule has 0 aliphatic carbocycles. The zero-order valence-electron chi connectivity index (χ0n) is 17.3. The topological polar surface area (TPSA) is 97.2 Å². The molecule has 0 aliphatic heterocycles. The van der Waals surface area contributed by atoms with Gasteiger partial charge < -0.3 is 14.6 Å². The standard InChI is InChI=1S/C25H22N2O5/c1-31-22-16-19(17-26-27-25(30)24(29)20-10-6-3-7-11-20)12-14-21(22)32-23(28)15-13-18-8-4-2-5-9-18/h2-17,24,29H,1H3,(H,27,30)/b15-13+,26-17+. The van der Waals surface area contributed by atoms with Crippen molar-refractivity contribution in [3.63, 3.8) is 0 Å². The summed E-state index contributed by atoms with van der Waals surface area (Å²) in [6.45, 7) is 0. The number of hydrazone groups is 1. The summed E-state index contributed by atoms with van der Waals surface area (Å²) in [6.07, 6.45) is 3.05. The Bertz CT molecular complexity index is 1110. The lowest BCUT2D eigenvalue weighted by Crippen LogP contribution is -2.25. The minimum Gasteiger partial charge on any atom is -0.493 e. The summed E-state index contributed by atoms with van der Waals surface area (Å²) in [5, 5.41) is 13.9. The van der Waals surface area contributed by atoms with E-state index in [2.05, 4.69) is 10.5 Å². The molecule has 0 heterocycles. The number of carbonyl (C=O) groups is 2. The first-order valence-electron chi connectivity index (χ1n) is 9.75. The zero-order chi connectivity index (χ0) is 22.8. The molecule has 0 radical (unpaired) electrons. The molecule has 0 aliphatic rings. The summed E-state index contributed by atoms with van der Waals surface area (Å²) in [6, 6.07) is 22.7. The second kappa shape index (κ2) is 11.2. The van der Waals surface area contributed by atoms with Gasteiger partial charge >= 0.3 is 5.97 Å². The molecule has 0 spiro atoms. The molecule has 0 fully saturated rings. The second-order valence-corrected chi connectivity index (χ2v) is 6.62. The molecule has 0 saturated heterocycles. The van der Waals surface area contributed by atoms with Crippen molar-refractivity contribution in [2.45, 2.75) is 6.10 Å². The Morgan fingerprint density at radius 3 is 2.31 bits per heavy atom. The molecule has 3 rings (SSSR count). The molecule has 1 atom stereocenters. The summed E-state index contributed by atoms with van der Waals surface area (Å²) in [4.78, 5) is 24.1.